The third-order valence-electron chi connectivity index (χ3n) is 2.93. The molecule has 0 atom stereocenters. The number of benzene rings is 1. The molecule has 7 heteroatoms. The van der Waals surface area contributed by atoms with E-state index in [0.29, 0.717) is 24.5 Å². The SMILES string of the molecule is O=C1C(=O)N(CCCCCl)c2ccc([N+](=O)[O-])cc21. The van der Waals surface area contributed by atoms with E-state index in [-0.39, 0.29) is 11.3 Å². The molecule has 0 fully saturated rings. The van der Waals surface area contributed by atoms with Gasteiger partial charge in [-0.15, -0.1) is 11.6 Å². The largest absolute Gasteiger partial charge is 0.305 e. The highest BCUT2D eigenvalue weighted by Gasteiger charge is 2.36. The molecule has 1 aliphatic heterocycles. The fourth-order valence-electron chi connectivity index (χ4n) is 1.99. The molecular weight excluding hydrogens is 272 g/mol. The minimum atomic E-state index is -0.690. The predicted octanol–water partition coefficient (Wildman–Crippen LogP) is 2.14. The summed E-state index contributed by atoms with van der Waals surface area (Å²) in [5, 5.41) is 10.7. The second kappa shape index (κ2) is 5.36. The summed E-state index contributed by atoms with van der Waals surface area (Å²) in [7, 11) is 0. The van der Waals surface area contributed by atoms with Crippen molar-refractivity contribution in [1.82, 2.24) is 0 Å². The fraction of sp³-hybridized carbons (Fsp3) is 0.333. The molecular formula is C12H11ClN2O4. The highest BCUT2D eigenvalue weighted by atomic mass is 35.5. The summed E-state index contributed by atoms with van der Waals surface area (Å²) in [5.74, 6) is -0.835. The molecule has 0 saturated heterocycles. The first-order valence-corrected chi connectivity index (χ1v) is 6.30. The van der Waals surface area contributed by atoms with E-state index in [1.54, 1.807) is 0 Å². The number of carbonyl (C=O) groups excluding carboxylic acids is 2. The van der Waals surface area contributed by atoms with Gasteiger partial charge in [-0.3, -0.25) is 19.7 Å². The van der Waals surface area contributed by atoms with E-state index in [1.165, 1.54) is 17.0 Å². The number of nitro groups is 1. The summed E-state index contributed by atoms with van der Waals surface area (Å²) in [6.45, 7) is 0.391. The molecule has 0 aliphatic carbocycles. The predicted molar refractivity (Wildman–Crippen MR) is 69.7 cm³/mol. The lowest BCUT2D eigenvalue weighted by atomic mass is 10.1. The van der Waals surface area contributed by atoms with Gasteiger partial charge >= 0.3 is 0 Å². The average molecular weight is 283 g/mol. The highest BCUT2D eigenvalue weighted by molar-refractivity contribution is 6.52. The van der Waals surface area contributed by atoms with Crippen LogP contribution >= 0.6 is 11.6 Å². The van der Waals surface area contributed by atoms with Gasteiger partial charge < -0.3 is 4.90 Å². The number of ketones is 1. The van der Waals surface area contributed by atoms with Crippen LogP contribution in [-0.2, 0) is 4.79 Å². The molecule has 1 aliphatic rings. The van der Waals surface area contributed by atoms with Gasteiger partial charge in [-0.05, 0) is 18.9 Å². The summed E-state index contributed by atoms with van der Waals surface area (Å²) >= 11 is 5.56. The molecule has 0 spiro atoms. The van der Waals surface area contributed by atoms with Gasteiger partial charge in [-0.25, -0.2) is 0 Å². The monoisotopic (exact) mass is 282 g/mol. The smallest absolute Gasteiger partial charge is 0.299 e. The van der Waals surface area contributed by atoms with E-state index in [2.05, 4.69) is 0 Å². The molecule has 0 saturated carbocycles. The highest BCUT2D eigenvalue weighted by Crippen LogP contribution is 2.32. The fourth-order valence-corrected chi connectivity index (χ4v) is 2.18. The van der Waals surface area contributed by atoms with Crippen molar-refractivity contribution in [3.05, 3.63) is 33.9 Å². The number of amides is 1. The molecule has 0 bridgehead atoms. The normalized spacial score (nSPS) is 13.8. The Bertz CT molecular complexity index is 559. The van der Waals surface area contributed by atoms with Crippen LogP contribution in [0.4, 0.5) is 11.4 Å². The number of rotatable bonds is 5. The summed E-state index contributed by atoms with van der Waals surface area (Å²) < 4.78 is 0. The van der Waals surface area contributed by atoms with E-state index in [4.69, 9.17) is 11.6 Å². The molecule has 6 nitrogen and oxygen atoms in total. The number of anilines is 1. The third-order valence-corrected chi connectivity index (χ3v) is 3.20. The van der Waals surface area contributed by atoms with Crippen molar-refractivity contribution in [3.63, 3.8) is 0 Å². The number of hydrogen-bond donors (Lipinski definition) is 0. The zero-order chi connectivity index (χ0) is 14.0. The third kappa shape index (κ3) is 2.44. The number of carbonyl (C=O) groups is 2. The van der Waals surface area contributed by atoms with E-state index in [1.807, 2.05) is 0 Å². The minimum Gasteiger partial charge on any atom is -0.305 e. The van der Waals surface area contributed by atoms with Gasteiger partial charge in [-0.2, -0.15) is 0 Å². The van der Waals surface area contributed by atoms with Crippen LogP contribution < -0.4 is 4.90 Å². The summed E-state index contributed by atoms with van der Waals surface area (Å²) in [4.78, 5) is 35.0. The number of nitro benzene ring substituents is 1. The Kier molecular flexibility index (Phi) is 3.80. The molecule has 0 unspecified atom stereocenters. The summed E-state index contributed by atoms with van der Waals surface area (Å²) in [6, 6.07) is 3.88. The Balaban J connectivity index is 2.30. The number of nitrogens with zero attached hydrogens (tertiary/aromatic N) is 2. The van der Waals surface area contributed by atoms with Crippen molar-refractivity contribution >= 4 is 34.7 Å². The van der Waals surface area contributed by atoms with Crippen molar-refractivity contribution in [3.8, 4) is 0 Å². The number of unbranched alkanes of at least 4 members (excludes halogenated alkanes) is 1. The first-order valence-electron chi connectivity index (χ1n) is 5.77. The molecule has 1 amide bonds. The molecule has 0 aromatic heterocycles. The van der Waals surface area contributed by atoms with Crippen molar-refractivity contribution in [2.24, 2.45) is 0 Å². The minimum absolute atomic E-state index is 0.102. The first kappa shape index (κ1) is 13.5. The molecule has 19 heavy (non-hydrogen) atoms. The topological polar surface area (TPSA) is 80.5 Å². The van der Waals surface area contributed by atoms with E-state index in [9.17, 15) is 19.7 Å². The number of hydrogen-bond acceptors (Lipinski definition) is 4. The summed E-state index contributed by atoms with van der Waals surface area (Å²) in [6.07, 6.45) is 1.42. The quantitative estimate of drug-likeness (QED) is 0.272. The maximum absolute atomic E-state index is 11.8. The maximum atomic E-state index is 11.8. The molecule has 1 aromatic carbocycles. The molecule has 1 aromatic rings. The zero-order valence-electron chi connectivity index (χ0n) is 9.97. The van der Waals surface area contributed by atoms with Gasteiger partial charge in [0.25, 0.3) is 17.4 Å². The van der Waals surface area contributed by atoms with Crippen LogP contribution in [0.3, 0.4) is 0 Å². The number of Topliss-reactive ketones (excluding diaryl/α,β-unsaturated/α-hetero) is 1. The van der Waals surface area contributed by atoms with Gasteiger partial charge in [-0.1, -0.05) is 0 Å². The number of fused-ring (bicyclic) bond motifs is 1. The zero-order valence-corrected chi connectivity index (χ0v) is 10.7. The first-order chi connectivity index (χ1) is 9.06. The second-order valence-corrected chi connectivity index (χ2v) is 4.52. The van der Waals surface area contributed by atoms with Crippen LogP contribution in [0.1, 0.15) is 23.2 Å². The van der Waals surface area contributed by atoms with E-state index in [0.717, 1.165) is 12.5 Å². The van der Waals surface area contributed by atoms with E-state index >= 15 is 0 Å². The lowest BCUT2D eigenvalue weighted by Gasteiger charge is -2.15. The Morgan fingerprint density at radius 1 is 1.26 bits per heavy atom. The Labute approximate surface area is 114 Å². The van der Waals surface area contributed by atoms with E-state index < -0.39 is 16.6 Å². The molecule has 2 rings (SSSR count). The molecule has 1 heterocycles. The lowest BCUT2D eigenvalue weighted by molar-refractivity contribution is -0.384. The Hall–Kier alpha value is -1.95. The van der Waals surface area contributed by atoms with Crippen molar-refractivity contribution in [1.29, 1.82) is 0 Å². The number of halogens is 1. The standard InChI is InChI=1S/C12H11ClN2O4/c13-5-1-2-6-14-10-4-3-8(15(18)19)7-9(10)11(16)12(14)17/h3-4,7H,1-2,5-6H2. The van der Waals surface area contributed by atoms with Gasteiger partial charge in [0.1, 0.15) is 0 Å². The van der Waals surface area contributed by atoms with Gasteiger partial charge in [0.15, 0.2) is 0 Å². The van der Waals surface area contributed by atoms with Gasteiger partial charge in [0.2, 0.25) is 0 Å². The van der Waals surface area contributed by atoms with Crippen molar-refractivity contribution < 1.29 is 14.5 Å². The van der Waals surface area contributed by atoms with Crippen molar-refractivity contribution in [2.45, 2.75) is 12.8 Å². The number of non-ortho nitro benzene ring substituents is 1. The van der Waals surface area contributed by atoms with Gasteiger partial charge in [0.05, 0.1) is 16.2 Å². The Morgan fingerprint density at radius 3 is 2.63 bits per heavy atom. The van der Waals surface area contributed by atoms with Crippen LogP contribution in [0.15, 0.2) is 18.2 Å². The maximum Gasteiger partial charge on any atom is 0.299 e. The van der Waals surface area contributed by atoms with Crippen LogP contribution in [0, 0.1) is 10.1 Å². The Morgan fingerprint density at radius 2 is 2.00 bits per heavy atom. The molecule has 0 N–H and O–H groups in total. The van der Waals surface area contributed by atoms with Gasteiger partial charge in [0, 0.05) is 24.6 Å². The van der Waals surface area contributed by atoms with Crippen LogP contribution in [0.2, 0.25) is 0 Å². The molecule has 100 valence electrons. The average Bonchev–Trinajstić information content (AvgIpc) is 2.63. The summed E-state index contributed by atoms with van der Waals surface area (Å²) in [5.41, 5.74) is 0.350. The lowest BCUT2D eigenvalue weighted by Crippen LogP contribution is -2.30. The van der Waals surface area contributed by atoms with Crippen LogP contribution in [0.5, 0.6) is 0 Å². The van der Waals surface area contributed by atoms with Crippen molar-refractivity contribution in [2.75, 3.05) is 17.3 Å². The van der Waals surface area contributed by atoms with Crippen LogP contribution in [-0.4, -0.2) is 29.0 Å². The molecule has 0 radical (unpaired) electrons. The second-order valence-electron chi connectivity index (χ2n) is 4.14. The van der Waals surface area contributed by atoms with Crippen LogP contribution in [0.25, 0.3) is 0 Å². The number of alkyl halides is 1.